The summed E-state index contributed by atoms with van der Waals surface area (Å²) in [5.41, 5.74) is 9.81. The summed E-state index contributed by atoms with van der Waals surface area (Å²) in [6.07, 6.45) is 0. The molecule has 0 fully saturated rings. The lowest BCUT2D eigenvalue weighted by atomic mass is 9.97. The van der Waals surface area contributed by atoms with Gasteiger partial charge in [0.2, 0.25) is 0 Å². The molecule has 11 aromatic rings. The Labute approximate surface area is 312 Å². The average molecular weight is 688 g/mol. The van der Waals surface area contributed by atoms with Crippen LogP contribution in [0.3, 0.4) is 0 Å². The van der Waals surface area contributed by atoms with Gasteiger partial charge in [0.25, 0.3) is 0 Å². The first kappa shape index (κ1) is 30.5. The molecule has 0 unspecified atom stereocenters. The maximum Gasteiger partial charge on any atom is 0.143 e. The molecule has 0 saturated carbocycles. The third-order valence-corrected chi connectivity index (χ3v) is 11.0. The standard InChI is InChI=1S/C52H33NO/c1-4-13-43-35(9-1)12-7-16-45(43)38-23-29-42(30-24-38)53(49-17-8-18-50-51(49)48-32-25-37-11-3-6-15-47(37)52(48)54-50)41-27-21-34(22-28-41)39-26-31-46-40(33-39)20-19-36-10-2-5-14-44(36)46/h1-33H. The van der Waals surface area contributed by atoms with Crippen LogP contribution in [0.15, 0.2) is 205 Å². The van der Waals surface area contributed by atoms with E-state index in [9.17, 15) is 0 Å². The molecule has 2 nitrogen and oxygen atoms in total. The molecule has 1 heterocycles. The fourth-order valence-electron chi connectivity index (χ4n) is 8.41. The second kappa shape index (κ2) is 12.2. The van der Waals surface area contributed by atoms with Crippen LogP contribution in [0.2, 0.25) is 0 Å². The molecule has 0 aliphatic carbocycles. The van der Waals surface area contributed by atoms with E-state index in [4.69, 9.17) is 4.42 Å². The molecule has 252 valence electrons. The summed E-state index contributed by atoms with van der Waals surface area (Å²) in [5.74, 6) is 0. The van der Waals surface area contributed by atoms with Gasteiger partial charge >= 0.3 is 0 Å². The molecule has 0 radical (unpaired) electrons. The number of hydrogen-bond acceptors (Lipinski definition) is 2. The van der Waals surface area contributed by atoms with Crippen LogP contribution < -0.4 is 4.90 Å². The zero-order chi connectivity index (χ0) is 35.6. The summed E-state index contributed by atoms with van der Waals surface area (Å²) < 4.78 is 6.66. The molecule has 0 spiro atoms. The highest BCUT2D eigenvalue weighted by Gasteiger charge is 2.21. The van der Waals surface area contributed by atoms with E-state index in [0.29, 0.717) is 0 Å². The second-order valence-corrected chi connectivity index (χ2v) is 14.1. The van der Waals surface area contributed by atoms with Crippen LogP contribution in [0.1, 0.15) is 0 Å². The molecule has 0 bridgehead atoms. The topological polar surface area (TPSA) is 16.4 Å². The van der Waals surface area contributed by atoms with Crippen LogP contribution >= 0.6 is 0 Å². The number of nitrogens with zero attached hydrogens (tertiary/aromatic N) is 1. The Hall–Kier alpha value is -7.16. The predicted molar refractivity (Wildman–Crippen MR) is 229 cm³/mol. The maximum atomic E-state index is 6.66. The van der Waals surface area contributed by atoms with Crippen LogP contribution in [0, 0.1) is 0 Å². The van der Waals surface area contributed by atoms with E-state index in [1.54, 1.807) is 0 Å². The molecule has 0 N–H and O–H groups in total. The molecule has 10 aromatic carbocycles. The fraction of sp³-hybridized carbons (Fsp3) is 0. The zero-order valence-electron chi connectivity index (χ0n) is 29.4. The van der Waals surface area contributed by atoms with Crippen LogP contribution in [0.25, 0.3) is 87.3 Å². The monoisotopic (exact) mass is 687 g/mol. The first-order chi connectivity index (χ1) is 26.8. The number of furan rings is 1. The summed E-state index contributed by atoms with van der Waals surface area (Å²) in [7, 11) is 0. The van der Waals surface area contributed by atoms with Crippen LogP contribution in [0.4, 0.5) is 17.1 Å². The van der Waals surface area contributed by atoms with Gasteiger partial charge in [-0.15, -0.1) is 0 Å². The second-order valence-electron chi connectivity index (χ2n) is 14.1. The maximum absolute atomic E-state index is 6.66. The van der Waals surface area contributed by atoms with Gasteiger partial charge in [-0.3, -0.25) is 0 Å². The third-order valence-electron chi connectivity index (χ3n) is 11.0. The van der Waals surface area contributed by atoms with Gasteiger partial charge in [0.05, 0.1) is 11.1 Å². The minimum absolute atomic E-state index is 0.872. The highest BCUT2D eigenvalue weighted by Crippen LogP contribution is 2.45. The van der Waals surface area contributed by atoms with Gasteiger partial charge in [0.1, 0.15) is 11.2 Å². The molecular formula is C52H33NO. The third kappa shape index (κ3) is 4.88. The van der Waals surface area contributed by atoms with Crippen molar-refractivity contribution in [1.82, 2.24) is 0 Å². The van der Waals surface area contributed by atoms with E-state index in [1.165, 1.54) is 60.0 Å². The number of fused-ring (bicyclic) bond motifs is 9. The van der Waals surface area contributed by atoms with Crippen molar-refractivity contribution in [1.29, 1.82) is 0 Å². The number of benzene rings is 10. The van der Waals surface area contributed by atoms with Crippen LogP contribution in [-0.4, -0.2) is 0 Å². The summed E-state index contributed by atoms with van der Waals surface area (Å²) in [4.78, 5) is 2.37. The normalized spacial score (nSPS) is 11.7. The van der Waals surface area contributed by atoms with Gasteiger partial charge in [0, 0.05) is 22.1 Å². The predicted octanol–water partition coefficient (Wildman–Crippen LogP) is 15.0. The highest BCUT2D eigenvalue weighted by atomic mass is 16.3. The quantitative estimate of drug-likeness (QED) is 0.168. The molecule has 11 rings (SSSR count). The Morgan fingerprint density at radius 1 is 0.333 bits per heavy atom. The van der Waals surface area contributed by atoms with Gasteiger partial charge in [-0.05, 0) is 108 Å². The lowest BCUT2D eigenvalue weighted by Gasteiger charge is -2.27. The first-order valence-corrected chi connectivity index (χ1v) is 18.5. The number of rotatable bonds is 5. The Bertz CT molecular complexity index is 3200. The van der Waals surface area contributed by atoms with Crippen molar-refractivity contribution in [3.63, 3.8) is 0 Å². The number of hydrogen-bond donors (Lipinski definition) is 0. The van der Waals surface area contributed by atoms with Crippen LogP contribution in [-0.2, 0) is 0 Å². The smallest absolute Gasteiger partial charge is 0.143 e. The van der Waals surface area contributed by atoms with Crippen molar-refractivity contribution in [2.24, 2.45) is 0 Å². The van der Waals surface area contributed by atoms with E-state index in [-0.39, 0.29) is 0 Å². The van der Waals surface area contributed by atoms with Gasteiger partial charge in [0.15, 0.2) is 0 Å². The molecule has 0 aliphatic heterocycles. The van der Waals surface area contributed by atoms with E-state index in [2.05, 4.69) is 205 Å². The van der Waals surface area contributed by atoms with Gasteiger partial charge < -0.3 is 9.32 Å². The van der Waals surface area contributed by atoms with Crippen molar-refractivity contribution in [3.05, 3.63) is 200 Å². The summed E-state index contributed by atoms with van der Waals surface area (Å²) in [6, 6.07) is 72.3. The molecule has 0 aliphatic rings. The highest BCUT2D eigenvalue weighted by molar-refractivity contribution is 6.19. The number of anilines is 3. The first-order valence-electron chi connectivity index (χ1n) is 18.5. The van der Waals surface area contributed by atoms with Crippen molar-refractivity contribution < 1.29 is 4.42 Å². The largest absolute Gasteiger partial charge is 0.455 e. The molecule has 1 aromatic heterocycles. The summed E-state index contributed by atoms with van der Waals surface area (Å²) >= 11 is 0. The minimum atomic E-state index is 0.872. The van der Waals surface area contributed by atoms with Crippen molar-refractivity contribution in [2.45, 2.75) is 0 Å². The summed E-state index contributed by atoms with van der Waals surface area (Å²) in [5, 5.41) is 12.1. The van der Waals surface area contributed by atoms with Crippen molar-refractivity contribution in [2.75, 3.05) is 4.90 Å². The Kier molecular flexibility index (Phi) is 6.90. The van der Waals surface area contributed by atoms with E-state index in [0.717, 1.165) is 44.4 Å². The lowest BCUT2D eigenvalue weighted by molar-refractivity contribution is 0.672. The van der Waals surface area contributed by atoms with Crippen LogP contribution in [0.5, 0.6) is 0 Å². The van der Waals surface area contributed by atoms with E-state index >= 15 is 0 Å². The molecule has 2 heteroatoms. The molecular weight excluding hydrogens is 655 g/mol. The average Bonchev–Trinajstić information content (AvgIpc) is 3.64. The van der Waals surface area contributed by atoms with Crippen molar-refractivity contribution >= 4 is 82.1 Å². The van der Waals surface area contributed by atoms with Crippen molar-refractivity contribution in [3.8, 4) is 22.3 Å². The Balaban J connectivity index is 1.06. The van der Waals surface area contributed by atoms with Gasteiger partial charge in [-0.1, -0.05) is 152 Å². The van der Waals surface area contributed by atoms with E-state index < -0.39 is 0 Å². The fourth-order valence-corrected chi connectivity index (χ4v) is 8.41. The Morgan fingerprint density at radius 3 is 1.65 bits per heavy atom. The molecule has 0 amide bonds. The van der Waals surface area contributed by atoms with E-state index in [1.807, 2.05) is 0 Å². The minimum Gasteiger partial charge on any atom is -0.455 e. The van der Waals surface area contributed by atoms with Gasteiger partial charge in [-0.2, -0.15) is 0 Å². The molecule has 54 heavy (non-hydrogen) atoms. The summed E-state index contributed by atoms with van der Waals surface area (Å²) in [6.45, 7) is 0. The molecule has 0 saturated heterocycles. The SMILES string of the molecule is c1ccc2c(-c3ccc(N(c4ccc(-c5ccc6c(ccc7ccccc76)c5)cc4)c4cccc5oc6c7ccccc7ccc6c45)cc3)cccc2c1. The lowest BCUT2D eigenvalue weighted by Crippen LogP contribution is -2.10. The van der Waals surface area contributed by atoms with Gasteiger partial charge in [-0.25, -0.2) is 0 Å². The zero-order valence-corrected chi connectivity index (χ0v) is 29.4. The molecule has 0 atom stereocenters. The Morgan fingerprint density at radius 2 is 0.870 bits per heavy atom.